The molecule has 1 amide bonds. The molecule has 2 saturated heterocycles. The maximum Gasteiger partial charge on any atom is 0.326 e. The molecule has 0 spiro atoms. The van der Waals surface area contributed by atoms with Crippen LogP contribution in [0, 0.1) is 0 Å². The third kappa shape index (κ3) is 2.96. The van der Waals surface area contributed by atoms with Crippen molar-refractivity contribution in [3.8, 4) is 0 Å². The van der Waals surface area contributed by atoms with Gasteiger partial charge in [0.25, 0.3) is 5.91 Å². The molecule has 2 aliphatic rings. The molecule has 1 N–H and O–H groups in total. The first kappa shape index (κ1) is 14.5. The van der Waals surface area contributed by atoms with E-state index < -0.39 is 12.0 Å². The minimum atomic E-state index is -0.885. The Morgan fingerprint density at radius 1 is 1.24 bits per heavy atom. The van der Waals surface area contributed by atoms with E-state index >= 15 is 0 Å². The number of hydrogen-bond donors (Lipinski definition) is 1. The Morgan fingerprint density at radius 3 is 2.62 bits per heavy atom. The fraction of sp³-hybridized carbons (Fsp3) is 0.600. The van der Waals surface area contributed by atoms with Gasteiger partial charge in [-0.05, 0) is 50.2 Å². The molecule has 3 heterocycles. The fourth-order valence-corrected chi connectivity index (χ4v) is 4.08. The molecule has 2 aliphatic heterocycles. The quantitative estimate of drug-likeness (QED) is 0.926. The highest BCUT2D eigenvalue weighted by molar-refractivity contribution is 7.12. The van der Waals surface area contributed by atoms with Crippen LogP contribution < -0.4 is 0 Å². The van der Waals surface area contributed by atoms with E-state index in [1.165, 1.54) is 24.2 Å². The van der Waals surface area contributed by atoms with Gasteiger partial charge in [-0.2, -0.15) is 0 Å². The highest BCUT2D eigenvalue weighted by Crippen LogP contribution is 2.27. The molecule has 0 aliphatic carbocycles. The summed E-state index contributed by atoms with van der Waals surface area (Å²) < 4.78 is 0. The van der Waals surface area contributed by atoms with Crippen molar-refractivity contribution in [1.29, 1.82) is 0 Å². The normalized spacial score (nSPS) is 27.0. The lowest BCUT2D eigenvalue weighted by molar-refractivity contribution is -0.144. The summed E-state index contributed by atoms with van der Waals surface area (Å²) in [6.45, 7) is 2.67. The lowest BCUT2D eigenvalue weighted by Gasteiger charge is -2.40. The van der Waals surface area contributed by atoms with Crippen molar-refractivity contribution in [2.24, 2.45) is 0 Å². The number of rotatable bonds is 3. The molecule has 0 radical (unpaired) electrons. The molecule has 2 fully saturated rings. The number of likely N-dealkylation sites (tertiary alicyclic amines) is 2. The number of carbonyl (C=O) groups excluding carboxylic acids is 1. The van der Waals surface area contributed by atoms with E-state index in [2.05, 4.69) is 4.90 Å². The van der Waals surface area contributed by atoms with Crippen LogP contribution in [0.25, 0.3) is 0 Å². The molecular weight excluding hydrogens is 288 g/mol. The van der Waals surface area contributed by atoms with Gasteiger partial charge < -0.3 is 14.9 Å². The summed E-state index contributed by atoms with van der Waals surface area (Å²) in [5, 5.41) is 11.4. The third-order valence-corrected chi connectivity index (χ3v) is 5.37. The lowest BCUT2D eigenvalue weighted by atomic mass is 9.95. The van der Waals surface area contributed by atoms with Gasteiger partial charge >= 0.3 is 5.97 Å². The molecule has 0 bridgehead atoms. The minimum absolute atomic E-state index is 0.141. The van der Waals surface area contributed by atoms with Crippen molar-refractivity contribution in [2.75, 3.05) is 19.6 Å². The van der Waals surface area contributed by atoms with Crippen LogP contribution in [0.5, 0.6) is 0 Å². The summed E-state index contributed by atoms with van der Waals surface area (Å²) in [5.74, 6) is -1.03. The summed E-state index contributed by atoms with van der Waals surface area (Å²) in [6, 6.07) is 3.20. The smallest absolute Gasteiger partial charge is 0.326 e. The van der Waals surface area contributed by atoms with Crippen molar-refractivity contribution in [2.45, 2.75) is 37.8 Å². The summed E-state index contributed by atoms with van der Waals surface area (Å²) >= 11 is 1.37. The van der Waals surface area contributed by atoms with Gasteiger partial charge in [0.05, 0.1) is 4.88 Å². The van der Waals surface area contributed by atoms with Crippen molar-refractivity contribution < 1.29 is 14.7 Å². The van der Waals surface area contributed by atoms with E-state index in [0.717, 1.165) is 19.5 Å². The molecule has 21 heavy (non-hydrogen) atoms. The molecule has 2 atom stereocenters. The van der Waals surface area contributed by atoms with Crippen LogP contribution in [0.4, 0.5) is 0 Å². The van der Waals surface area contributed by atoms with E-state index in [1.807, 2.05) is 11.4 Å². The van der Waals surface area contributed by atoms with E-state index in [1.54, 1.807) is 11.0 Å². The zero-order valence-corrected chi connectivity index (χ0v) is 12.7. The second-order valence-electron chi connectivity index (χ2n) is 5.75. The Labute approximate surface area is 128 Å². The average molecular weight is 308 g/mol. The first-order chi connectivity index (χ1) is 10.2. The van der Waals surface area contributed by atoms with E-state index in [4.69, 9.17) is 0 Å². The zero-order chi connectivity index (χ0) is 14.8. The van der Waals surface area contributed by atoms with Gasteiger partial charge in [0.2, 0.25) is 0 Å². The number of amides is 1. The largest absolute Gasteiger partial charge is 0.480 e. The molecule has 0 saturated carbocycles. The topological polar surface area (TPSA) is 60.9 Å². The summed E-state index contributed by atoms with van der Waals surface area (Å²) in [6.07, 6.45) is 3.82. The Morgan fingerprint density at radius 2 is 2.00 bits per heavy atom. The molecule has 114 valence electrons. The first-order valence-corrected chi connectivity index (χ1v) is 8.36. The Balaban J connectivity index is 1.73. The highest BCUT2D eigenvalue weighted by Gasteiger charge is 2.39. The van der Waals surface area contributed by atoms with E-state index in [0.29, 0.717) is 23.9 Å². The maximum atomic E-state index is 12.5. The highest BCUT2D eigenvalue weighted by atomic mass is 32.1. The predicted octanol–water partition coefficient (Wildman–Crippen LogP) is 1.90. The van der Waals surface area contributed by atoms with Crippen molar-refractivity contribution in [1.82, 2.24) is 9.80 Å². The van der Waals surface area contributed by atoms with Gasteiger partial charge in [0.15, 0.2) is 0 Å². The van der Waals surface area contributed by atoms with Crippen molar-refractivity contribution >= 4 is 23.2 Å². The summed E-state index contributed by atoms with van der Waals surface area (Å²) in [5.41, 5.74) is 0. The second kappa shape index (κ2) is 6.15. The molecular formula is C15H20N2O3S. The van der Waals surface area contributed by atoms with Crippen LogP contribution in [0.1, 0.15) is 35.4 Å². The number of carboxylic acids is 1. The predicted molar refractivity (Wildman–Crippen MR) is 80.6 cm³/mol. The fourth-order valence-electron chi connectivity index (χ4n) is 3.40. The number of nitrogens with zero attached hydrogens (tertiary/aromatic N) is 2. The Bertz CT molecular complexity index is 511. The van der Waals surface area contributed by atoms with Crippen LogP contribution in [0.15, 0.2) is 17.5 Å². The standard InChI is InChI=1S/C15H20N2O3S/c18-14(13-4-3-9-21-13)17-8-5-11(10-12(17)15(19)20)16-6-1-2-7-16/h3-4,9,11-12H,1-2,5-8,10H2,(H,19,20)/t11-,12+/m0/s1. The van der Waals surface area contributed by atoms with Gasteiger partial charge in [-0.3, -0.25) is 4.79 Å². The van der Waals surface area contributed by atoms with Gasteiger partial charge in [0, 0.05) is 12.6 Å². The molecule has 1 aromatic rings. The number of carbonyl (C=O) groups is 2. The second-order valence-corrected chi connectivity index (χ2v) is 6.70. The van der Waals surface area contributed by atoms with Crippen molar-refractivity contribution in [3.05, 3.63) is 22.4 Å². The van der Waals surface area contributed by atoms with Gasteiger partial charge in [-0.15, -0.1) is 11.3 Å². The molecule has 0 unspecified atom stereocenters. The van der Waals surface area contributed by atoms with Crippen LogP contribution in [-0.4, -0.2) is 58.5 Å². The lowest BCUT2D eigenvalue weighted by Crippen LogP contribution is -2.54. The molecule has 6 heteroatoms. The summed E-state index contributed by atoms with van der Waals surface area (Å²) in [4.78, 5) is 28.6. The molecule has 5 nitrogen and oxygen atoms in total. The molecule has 0 aromatic carbocycles. The summed E-state index contributed by atoms with van der Waals surface area (Å²) in [7, 11) is 0. The van der Waals surface area contributed by atoms with Gasteiger partial charge in [-0.1, -0.05) is 6.07 Å². The average Bonchev–Trinajstić information content (AvgIpc) is 3.18. The number of hydrogen-bond acceptors (Lipinski definition) is 4. The zero-order valence-electron chi connectivity index (χ0n) is 11.9. The number of carboxylic acid groups (broad SMARTS) is 1. The van der Waals surface area contributed by atoms with E-state index in [-0.39, 0.29) is 5.91 Å². The number of aliphatic carboxylic acids is 1. The van der Waals surface area contributed by atoms with Crippen LogP contribution >= 0.6 is 11.3 Å². The molecule has 3 rings (SSSR count). The van der Waals surface area contributed by atoms with Crippen LogP contribution in [0.2, 0.25) is 0 Å². The minimum Gasteiger partial charge on any atom is -0.480 e. The SMILES string of the molecule is O=C(O)[C@H]1C[C@@H](N2CCCC2)CCN1C(=O)c1cccs1. The number of thiophene rings is 1. The third-order valence-electron chi connectivity index (χ3n) is 4.51. The molecule has 1 aromatic heterocycles. The Hall–Kier alpha value is -1.40. The first-order valence-electron chi connectivity index (χ1n) is 7.48. The maximum absolute atomic E-state index is 12.5. The van der Waals surface area contributed by atoms with E-state index in [9.17, 15) is 14.7 Å². The van der Waals surface area contributed by atoms with Gasteiger partial charge in [-0.25, -0.2) is 4.79 Å². The van der Waals surface area contributed by atoms with Crippen LogP contribution in [0.3, 0.4) is 0 Å². The van der Waals surface area contributed by atoms with Crippen molar-refractivity contribution in [3.63, 3.8) is 0 Å². The monoisotopic (exact) mass is 308 g/mol. The van der Waals surface area contributed by atoms with Gasteiger partial charge in [0.1, 0.15) is 6.04 Å². The Kier molecular flexibility index (Phi) is 4.26. The van der Waals surface area contributed by atoms with Crippen LogP contribution in [-0.2, 0) is 4.79 Å². The number of piperidine rings is 1.